The van der Waals surface area contributed by atoms with E-state index in [0.717, 1.165) is 6.42 Å². The van der Waals surface area contributed by atoms with Gasteiger partial charge >= 0.3 is 0 Å². The number of hydrazine groups is 1. The van der Waals surface area contributed by atoms with E-state index in [4.69, 9.17) is 0 Å². The summed E-state index contributed by atoms with van der Waals surface area (Å²) in [7, 11) is 0. The molecule has 2 aromatic rings. The summed E-state index contributed by atoms with van der Waals surface area (Å²) in [5.74, 6) is 0. The summed E-state index contributed by atoms with van der Waals surface area (Å²) < 4.78 is 0. The maximum Gasteiger partial charge on any atom is 0.0574 e. The Kier molecular flexibility index (Phi) is 2.74. The van der Waals surface area contributed by atoms with Crippen LogP contribution in [0.15, 0.2) is 47.8 Å². The zero-order valence-corrected chi connectivity index (χ0v) is 9.71. The highest BCUT2D eigenvalue weighted by Crippen LogP contribution is 2.32. The normalized spacial score (nSPS) is 24.8. The highest BCUT2D eigenvalue weighted by Gasteiger charge is 2.26. The standard InChI is InChI=1S/C13H14N2S/c1-2-5-10(6-3-1)11-9-12(15-14-11)13-7-4-8-16-13/h1-8,11-12,14-15H,9H2. The summed E-state index contributed by atoms with van der Waals surface area (Å²) in [6.07, 6.45) is 1.12. The molecular weight excluding hydrogens is 216 g/mol. The Hall–Kier alpha value is -1.16. The van der Waals surface area contributed by atoms with Gasteiger partial charge in [0.1, 0.15) is 0 Å². The monoisotopic (exact) mass is 230 g/mol. The van der Waals surface area contributed by atoms with Crippen molar-refractivity contribution in [3.05, 3.63) is 58.3 Å². The van der Waals surface area contributed by atoms with Crippen LogP contribution in [0.5, 0.6) is 0 Å². The van der Waals surface area contributed by atoms with Crippen molar-refractivity contribution in [2.75, 3.05) is 0 Å². The number of rotatable bonds is 2. The Bertz CT molecular complexity index is 438. The summed E-state index contributed by atoms with van der Waals surface area (Å²) in [5, 5.41) is 2.13. The Morgan fingerprint density at radius 2 is 1.75 bits per heavy atom. The fourth-order valence-electron chi connectivity index (χ4n) is 2.14. The van der Waals surface area contributed by atoms with Crippen LogP contribution >= 0.6 is 11.3 Å². The van der Waals surface area contributed by atoms with Crippen LogP contribution in [0, 0.1) is 0 Å². The van der Waals surface area contributed by atoms with E-state index in [1.165, 1.54) is 10.4 Å². The minimum Gasteiger partial charge on any atom is -0.250 e. The fourth-order valence-corrected chi connectivity index (χ4v) is 2.93. The average Bonchev–Trinajstić information content (AvgIpc) is 3.01. The predicted molar refractivity (Wildman–Crippen MR) is 67.1 cm³/mol. The summed E-state index contributed by atoms with van der Waals surface area (Å²) in [5.41, 5.74) is 8.09. The molecule has 2 unspecified atom stereocenters. The quantitative estimate of drug-likeness (QED) is 0.828. The summed E-state index contributed by atoms with van der Waals surface area (Å²) in [6, 6.07) is 15.8. The van der Waals surface area contributed by atoms with Crippen molar-refractivity contribution in [3.8, 4) is 0 Å². The van der Waals surface area contributed by atoms with Gasteiger partial charge in [-0.25, -0.2) is 10.9 Å². The summed E-state index contributed by atoms with van der Waals surface area (Å²) in [6.45, 7) is 0. The van der Waals surface area contributed by atoms with Crippen molar-refractivity contribution in [3.63, 3.8) is 0 Å². The molecule has 0 spiro atoms. The number of nitrogens with one attached hydrogen (secondary N) is 2. The lowest BCUT2D eigenvalue weighted by molar-refractivity contribution is 0.558. The maximum absolute atomic E-state index is 3.37. The first-order valence-corrected chi connectivity index (χ1v) is 6.41. The largest absolute Gasteiger partial charge is 0.250 e. The van der Waals surface area contributed by atoms with Crippen molar-refractivity contribution in [1.29, 1.82) is 0 Å². The number of benzene rings is 1. The van der Waals surface area contributed by atoms with E-state index < -0.39 is 0 Å². The molecule has 0 saturated carbocycles. The Morgan fingerprint density at radius 1 is 0.938 bits per heavy atom. The number of hydrogen-bond donors (Lipinski definition) is 2. The zero-order chi connectivity index (χ0) is 10.8. The van der Waals surface area contributed by atoms with E-state index in [0.29, 0.717) is 12.1 Å². The molecule has 3 rings (SSSR count). The van der Waals surface area contributed by atoms with Crippen LogP contribution in [-0.4, -0.2) is 0 Å². The Morgan fingerprint density at radius 3 is 2.50 bits per heavy atom. The van der Waals surface area contributed by atoms with Crippen molar-refractivity contribution in [2.24, 2.45) is 0 Å². The molecule has 0 amide bonds. The first kappa shape index (κ1) is 10.0. The molecular formula is C13H14N2S. The van der Waals surface area contributed by atoms with Crippen molar-refractivity contribution >= 4 is 11.3 Å². The average molecular weight is 230 g/mol. The van der Waals surface area contributed by atoms with Gasteiger partial charge in [-0.05, 0) is 23.4 Å². The number of hydrogen-bond acceptors (Lipinski definition) is 3. The molecule has 3 heteroatoms. The highest BCUT2D eigenvalue weighted by molar-refractivity contribution is 7.10. The molecule has 2 N–H and O–H groups in total. The molecule has 2 heterocycles. The minimum absolute atomic E-state index is 0.424. The SMILES string of the molecule is c1ccc(C2CC(c3cccs3)NN2)cc1. The molecule has 2 nitrogen and oxygen atoms in total. The molecule has 0 aliphatic carbocycles. The molecule has 16 heavy (non-hydrogen) atoms. The smallest absolute Gasteiger partial charge is 0.0574 e. The summed E-state index contributed by atoms with van der Waals surface area (Å²) in [4.78, 5) is 1.41. The maximum atomic E-state index is 3.37. The molecule has 82 valence electrons. The van der Waals surface area contributed by atoms with Gasteiger partial charge in [0.05, 0.1) is 6.04 Å². The zero-order valence-electron chi connectivity index (χ0n) is 8.89. The third kappa shape index (κ3) is 1.89. The lowest BCUT2D eigenvalue weighted by atomic mass is 10.0. The van der Waals surface area contributed by atoms with Crippen LogP contribution in [0.1, 0.15) is 28.9 Å². The van der Waals surface area contributed by atoms with Gasteiger partial charge in [-0.3, -0.25) is 0 Å². The van der Waals surface area contributed by atoms with Crippen LogP contribution in [0.4, 0.5) is 0 Å². The third-order valence-electron chi connectivity index (χ3n) is 2.99. The number of thiophene rings is 1. The van der Waals surface area contributed by atoms with E-state index in [2.05, 4.69) is 58.7 Å². The first-order valence-electron chi connectivity index (χ1n) is 5.53. The molecule has 0 bridgehead atoms. The van der Waals surface area contributed by atoms with Crippen LogP contribution in [0.3, 0.4) is 0 Å². The molecule has 1 saturated heterocycles. The van der Waals surface area contributed by atoms with Gasteiger partial charge in [0.25, 0.3) is 0 Å². The van der Waals surface area contributed by atoms with Crippen molar-refractivity contribution in [2.45, 2.75) is 18.5 Å². The molecule has 1 aliphatic heterocycles. The molecule has 2 atom stereocenters. The topological polar surface area (TPSA) is 24.1 Å². The van der Waals surface area contributed by atoms with Crippen LogP contribution in [0.2, 0.25) is 0 Å². The van der Waals surface area contributed by atoms with Gasteiger partial charge in [0, 0.05) is 10.9 Å². The van der Waals surface area contributed by atoms with Crippen LogP contribution in [0.25, 0.3) is 0 Å². The molecule has 1 fully saturated rings. The van der Waals surface area contributed by atoms with E-state index in [9.17, 15) is 0 Å². The van der Waals surface area contributed by atoms with Gasteiger partial charge in [-0.2, -0.15) is 0 Å². The molecule has 1 aliphatic rings. The Labute approximate surface area is 99.3 Å². The van der Waals surface area contributed by atoms with Gasteiger partial charge in [-0.1, -0.05) is 36.4 Å². The predicted octanol–water partition coefficient (Wildman–Crippen LogP) is 3.03. The third-order valence-corrected chi connectivity index (χ3v) is 3.98. The lowest BCUT2D eigenvalue weighted by Gasteiger charge is -2.08. The second-order valence-corrected chi connectivity index (χ2v) is 5.03. The first-order chi connectivity index (χ1) is 7.93. The fraction of sp³-hybridized carbons (Fsp3) is 0.231. The van der Waals surface area contributed by atoms with E-state index in [-0.39, 0.29) is 0 Å². The highest BCUT2D eigenvalue weighted by atomic mass is 32.1. The van der Waals surface area contributed by atoms with Gasteiger partial charge in [-0.15, -0.1) is 11.3 Å². The second kappa shape index (κ2) is 4.37. The van der Waals surface area contributed by atoms with E-state index in [1.54, 1.807) is 0 Å². The molecule has 0 radical (unpaired) electrons. The van der Waals surface area contributed by atoms with Crippen LogP contribution < -0.4 is 10.9 Å². The summed E-state index contributed by atoms with van der Waals surface area (Å²) >= 11 is 1.81. The van der Waals surface area contributed by atoms with Crippen molar-refractivity contribution in [1.82, 2.24) is 10.9 Å². The van der Waals surface area contributed by atoms with Crippen LogP contribution in [-0.2, 0) is 0 Å². The van der Waals surface area contributed by atoms with Gasteiger partial charge in [0.2, 0.25) is 0 Å². The lowest BCUT2D eigenvalue weighted by Crippen LogP contribution is -2.26. The molecule has 1 aromatic carbocycles. The van der Waals surface area contributed by atoms with Gasteiger partial charge in [0.15, 0.2) is 0 Å². The Balaban J connectivity index is 1.74. The second-order valence-electron chi connectivity index (χ2n) is 4.06. The van der Waals surface area contributed by atoms with Crippen molar-refractivity contribution < 1.29 is 0 Å². The van der Waals surface area contributed by atoms with Gasteiger partial charge < -0.3 is 0 Å². The minimum atomic E-state index is 0.424. The van der Waals surface area contributed by atoms with E-state index >= 15 is 0 Å². The van der Waals surface area contributed by atoms with E-state index in [1.807, 2.05) is 11.3 Å². The molecule has 1 aromatic heterocycles.